The Morgan fingerprint density at radius 1 is 0.600 bits per heavy atom. The van der Waals surface area contributed by atoms with Crippen LogP contribution in [0.15, 0.2) is 48.5 Å². The number of carboxylic acid groups (broad SMARTS) is 5. The van der Waals surface area contributed by atoms with Crippen molar-refractivity contribution in [1.82, 2.24) is 14.7 Å². The van der Waals surface area contributed by atoms with Gasteiger partial charge in [0, 0.05) is 104 Å². The first kappa shape index (κ1) is 50.9. The SMILES string of the molecule is CCOc1ccc(CC(CN(CC(=O)[O-])CC(Cc2ccc(OCC)cc2)N(CC(=O)[O-])CC(=O)O)N(CC(=O)[O-])CC(=O)O)cc1.[Na].[Na].[Yb+3]. The Morgan fingerprint density at radius 3 is 1.18 bits per heavy atom. The first-order chi connectivity index (χ1) is 22.3. The van der Waals surface area contributed by atoms with Crippen LogP contribution < -0.4 is 24.8 Å². The Hall–Kier alpha value is -1.21. The maximum Gasteiger partial charge on any atom is 3.00 e. The van der Waals surface area contributed by atoms with Crippen LogP contribution in [-0.2, 0) is 36.8 Å². The minimum absolute atomic E-state index is 0. The molecule has 0 aliphatic heterocycles. The number of benzene rings is 2. The van der Waals surface area contributed by atoms with E-state index in [2.05, 4.69) is 0 Å². The second-order valence-corrected chi connectivity index (χ2v) is 10.8. The van der Waals surface area contributed by atoms with Crippen LogP contribution in [0.1, 0.15) is 25.0 Å². The molecule has 2 atom stereocenters. The summed E-state index contributed by atoms with van der Waals surface area (Å²) in [5.74, 6) is -6.12. The van der Waals surface area contributed by atoms with Crippen LogP contribution in [0.5, 0.6) is 11.5 Å². The van der Waals surface area contributed by atoms with E-state index in [0.717, 1.165) is 9.80 Å². The zero-order valence-electron chi connectivity index (χ0n) is 28.6. The summed E-state index contributed by atoms with van der Waals surface area (Å²) in [5.41, 5.74) is 1.33. The van der Waals surface area contributed by atoms with Crippen molar-refractivity contribution in [2.75, 3.05) is 59.0 Å². The Morgan fingerprint density at radius 2 is 0.920 bits per heavy atom. The molecule has 0 saturated heterocycles. The molecule has 0 fully saturated rings. The van der Waals surface area contributed by atoms with Gasteiger partial charge in [-0.25, -0.2) is 0 Å². The quantitative estimate of drug-likeness (QED) is 0.0981. The second kappa shape index (κ2) is 27.4. The standard InChI is InChI=1S/C32H43N3O12.2Na.Yb/c1-3-46-26-9-5-22(6-10-26)13-24(34(18-29(38)39)19-30(40)41)15-33(17-28(36)37)16-25(35(20-31(42)43)21-32(44)45)14-23-7-11-27(12-8-23)47-4-2;;;/h5-12,24-25H,3-4,13-21H2,1-2H3,(H,36,37)(H,38,39)(H,40,41)(H,42,43)(H,44,45);;;/q;;;+3/p-3. The van der Waals surface area contributed by atoms with E-state index in [1.807, 2.05) is 13.8 Å². The second-order valence-electron chi connectivity index (χ2n) is 10.8. The van der Waals surface area contributed by atoms with E-state index in [0.29, 0.717) is 35.8 Å². The van der Waals surface area contributed by atoms with Gasteiger partial charge in [0.05, 0.1) is 44.2 Å². The van der Waals surface area contributed by atoms with Crippen LogP contribution in [0.25, 0.3) is 0 Å². The van der Waals surface area contributed by atoms with Crippen LogP contribution in [0.2, 0.25) is 0 Å². The maximum atomic E-state index is 11.9. The third-order valence-electron chi connectivity index (χ3n) is 7.08. The van der Waals surface area contributed by atoms with Gasteiger partial charge in [0.15, 0.2) is 0 Å². The fraction of sp³-hybridized carbons (Fsp3) is 0.469. The summed E-state index contributed by atoms with van der Waals surface area (Å²) in [7, 11) is 0. The fourth-order valence-corrected chi connectivity index (χ4v) is 5.23. The molecular formula is C32H40N3Na2O12Yb. The number of hydrogen-bond donors (Lipinski definition) is 2. The van der Waals surface area contributed by atoms with Crippen molar-refractivity contribution in [3.05, 3.63) is 59.7 Å². The molecule has 0 amide bonds. The normalized spacial score (nSPS) is 11.8. The molecule has 0 aliphatic carbocycles. The van der Waals surface area contributed by atoms with E-state index in [4.69, 9.17) is 9.47 Å². The zero-order chi connectivity index (χ0) is 34.9. The van der Waals surface area contributed by atoms with Gasteiger partial charge >= 0.3 is 58.9 Å². The number of ether oxygens (including phenoxy) is 2. The number of nitrogens with zero attached hydrogens (tertiary/aromatic N) is 3. The van der Waals surface area contributed by atoms with Gasteiger partial charge in [0.2, 0.25) is 0 Å². The van der Waals surface area contributed by atoms with E-state index in [1.54, 1.807) is 48.5 Å². The Labute approximate surface area is 374 Å². The molecule has 50 heavy (non-hydrogen) atoms. The molecule has 0 spiro atoms. The number of hydrogen-bond acceptors (Lipinski definition) is 13. The van der Waals surface area contributed by atoms with Crippen LogP contribution in [0, 0.1) is 46.9 Å². The van der Waals surface area contributed by atoms with E-state index in [9.17, 15) is 49.5 Å². The fourth-order valence-electron chi connectivity index (χ4n) is 5.23. The minimum atomic E-state index is -1.55. The van der Waals surface area contributed by atoms with Gasteiger partial charge in [-0.3, -0.25) is 24.3 Å². The number of aliphatic carboxylic acids is 5. The van der Waals surface area contributed by atoms with Crippen molar-refractivity contribution in [1.29, 1.82) is 0 Å². The number of carbonyl (C=O) groups excluding carboxylic acids is 3. The Kier molecular flexibility index (Phi) is 27.9. The molecule has 2 aromatic rings. The van der Waals surface area contributed by atoms with Crippen LogP contribution >= 0.6 is 0 Å². The van der Waals surface area contributed by atoms with E-state index in [1.165, 1.54) is 4.90 Å². The van der Waals surface area contributed by atoms with Crippen LogP contribution in [-0.4, -0.2) is 185 Å². The van der Waals surface area contributed by atoms with Crippen molar-refractivity contribution in [2.45, 2.75) is 38.8 Å². The van der Waals surface area contributed by atoms with Crippen molar-refractivity contribution in [3.63, 3.8) is 0 Å². The molecule has 18 heteroatoms. The van der Waals surface area contributed by atoms with Crippen molar-refractivity contribution < 1.29 is 106 Å². The maximum absolute atomic E-state index is 11.9. The van der Waals surface area contributed by atoms with Crippen LogP contribution in [0.3, 0.4) is 0 Å². The average molecular weight is 878 g/mol. The third-order valence-corrected chi connectivity index (χ3v) is 7.08. The van der Waals surface area contributed by atoms with Gasteiger partial charge in [-0.1, -0.05) is 24.3 Å². The summed E-state index contributed by atoms with van der Waals surface area (Å²) in [6.45, 7) is 0.359. The van der Waals surface area contributed by atoms with Gasteiger partial charge in [0.1, 0.15) is 11.5 Å². The van der Waals surface area contributed by atoms with Crippen molar-refractivity contribution in [3.8, 4) is 11.5 Å². The summed E-state index contributed by atoms with van der Waals surface area (Å²) in [6.07, 6.45) is 0.163. The van der Waals surface area contributed by atoms with Crippen molar-refractivity contribution in [2.24, 2.45) is 0 Å². The van der Waals surface area contributed by atoms with Gasteiger partial charge in [-0.2, -0.15) is 0 Å². The van der Waals surface area contributed by atoms with E-state index in [-0.39, 0.29) is 132 Å². The van der Waals surface area contributed by atoms with Crippen LogP contribution in [0.4, 0.5) is 0 Å². The number of carboxylic acids is 5. The molecule has 0 bridgehead atoms. The van der Waals surface area contributed by atoms with E-state index >= 15 is 0 Å². The first-order valence-electron chi connectivity index (χ1n) is 15.0. The number of carbonyl (C=O) groups is 5. The third kappa shape index (κ3) is 20.7. The summed E-state index contributed by atoms with van der Waals surface area (Å²) in [5, 5.41) is 54.4. The molecular weight excluding hydrogens is 837 g/mol. The summed E-state index contributed by atoms with van der Waals surface area (Å²) < 4.78 is 10.9. The van der Waals surface area contributed by atoms with Gasteiger partial charge < -0.3 is 49.4 Å². The molecule has 2 aromatic carbocycles. The predicted octanol–water partition coefficient (Wildman–Crippen LogP) is -3.43. The van der Waals surface area contributed by atoms with Gasteiger partial charge in [-0.15, -0.1) is 0 Å². The Bertz CT molecular complexity index is 1210. The molecule has 3 radical (unpaired) electrons. The zero-order valence-corrected chi connectivity index (χ0v) is 34.4. The summed E-state index contributed by atoms with van der Waals surface area (Å²) >= 11 is 0. The molecule has 0 aliphatic rings. The number of rotatable bonds is 24. The van der Waals surface area contributed by atoms with Gasteiger partial charge in [-0.05, 0) is 62.1 Å². The largest absolute Gasteiger partial charge is 3.00 e. The smallest absolute Gasteiger partial charge is 0.549 e. The first-order valence-corrected chi connectivity index (χ1v) is 15.0. The molecule has 0 heterocycles. The molecule has 0 aromatic heterocycles. The Balaban J connectivity index is 0. The van der Waals surface area contributed by atoms with Crippen molar-refractivity contribution >= 4 is 89.0 Å². The molecule has 2 rings (SSSR count). The molecule has 2 N–H and O–H groups in total. The average Bonchev–Trinajstić information content (AvgIpc) is 2.96. The predicted molar refractivity (Wildman–Crippen MR) is 172 cm³/mol. The molecule has 0 saturated carbocycles. The monoisotopic (exact) mass is 878 g/mol. The molecule has 15 nitrogen and oxygen atoms in total. The van der Waals surface area contributed by atoms with E-state index < -0.39 is 74.7 Å². The minimum Gasteiger partial charge on any atom is -0.549 e. The molecule has 271 valence electrons. The van der Waals surface area contributed by atoms with Gasteiger partial charge in [0.25, 0.3) is 0 Å². The topological polar surface area (TPSA) is 223 Å². The summed E-state index contributed by atoms with van der Waals surface area (Å²) in [6, 6.07) is 11.8. The summed E-state index contributed by atoms with van der Waals surface area (Å²) in [4.78, 5) is 62.4. The molecule has 2 unspecified atom stereocenters.